The first-order valence-electron chi connectivity index (χ1n) is 3.55. The summed E-state index contributed by atoms with van der Waals surface area (Å²) in [4.78, 5) is 0. The summed E-state index contributed by atoms with van der Waals surface area (Å²) in [6.07, 6.45) is 1.67. The molecule has 0 heterocycles. The van der Waals surface area contributed by atoms with Crippen LogP contribution in [-0.4, -0.2) is 5.11 Å². The van der Waals surface area contributed by atoms with Crippen LogP contribution in [0.25, 0.3) is 0 Å². The van der Waals surface area contributed by atoms with Crippen LogP contribution >= 0.6 is 0 Å². The van der Waals surface area contributed by atoms with Crippen molar-refractivity contribution >= 4 is 0 Å². The molecule has 1 atom stereocenters. The lowest BCUT2D eigenvalue weighted by Gasteiger charge is -2.00. The van der Waals surface area contributed by atoms with Crippen molar-refractivity contribution in [1.82, 2.24) is 0 Å². The van der Waals surface area contributed by atoms with E-state index in [1.165, 1.54) is 5.56 Å². The lowest BCUT2D eigenvalue weighted by molar-refractivity contribution is 0.180. The fourth-order valence-electron chi connectivity index (χ4n) is 1.46. The Bertz CT molecular complexity index is 242. The number of aryl methyl sites for hydroxylation is 1. The van der Waals surface area contributed by atoms with Gasteiger partial charge in [0.2, 0.25) is 0 Å². The molecule has 1 nitrogen and oxygen atoms in total. The molecular weight excluding hydrogens is 124 g/mol. The summed E-state index contributed by atoms with van der Waals surface area (Å²) in [7, 11) is 0. The summed E-state index contributed by atoms with van der Waals surface area (Å²) in [6, 6.07) is 8.78. The molecule has 0 saturated heterocycles. The maximum absolute atomic E-state index is 9.36. The Labute approximate surface area is 60.3 Å². The fraction of sp³-hybridized carbons (Fsp3) is 0.333. The van der Waals surface area contributed by atoms with Crippen molar-refractivity contribution in [3.8, 4) is 0 Å². The largest absolute Gasteiger partial charge is 0.388 e. The number of benzene rings is 1. The summed E-state index contributed by atoms with van der Waals surface area (Å²) < 4.78 is 0. The molecule has 2 rings (SSSR count). The average Bonchev–Trinajstić information content (AvgIpc) is 2.34. The highest BCUT2D eigenvalue weighted by Gasteiger charge is 2.18. The predicted molar refractivity (Wildman–Crippen MR) is 38.6 cm³/mol. The molecular formula is C9H9O. The number of rotatable bonds is 0. The fourth-order valence-corrected chi connectivity index (χ4v) is 1.46. The topological polar surface area (TPSA) is 20.2 Å². The van der Waals surface area contributed by atoms with Crippen molar-refractivity contribution in [2.75, 3.05) is 0 Å². The number of hydrogen-bond donors (Lipinski definition) is 1. The molecule has 1 radical (unpaired) electrons. The van der Waals surface area contributed by atoms with Crippen LogP contribution in [0, 0.1) is 6.07 Å². The molecule has 1 aliphatic rings. The highest BCUT2D eigenvalue weighted by atomic mass is 16.3. The van der Waals surface area contributed by atoms with E-state index < -0.39 is 0 Å². The van der Waals surface area contributed by atoms with Gasteiger partial charge >= 0.3 is 0 Å². The van der Waals surface area contributed by atoms with Crippen LogP contribution in [0.4, 0.5) is 0 Å². The van der Waals surface area contributed by atoms with Gasteiger partial charge in [0.25, 0.3) is 0 Å². The van der Waals surface area contributed by atoms with Gasteiger partial charge in [-0.15, -0.1) is 0 Å². The van der Waals surface area contributed by atoms with Crippen LogP contribution in [0.3, 0.4) is 0 Å². The first kappa shape index (κ1) is 5.93. The van der Waals surface area contributed by atoms with Crippen LogP contribution in [0.1, 0.15) is 23.7 Å². The highest BCUT2D eigenvalue weighted by Crippen LogP contribution is 2.29. The van der Waals surface area contributed by atoms with Crippen molar-refractivity contribution in [3.05, 3.63) is 35.4 Å². The van der Waals surface area contributed by atoms with E-state index in [4.69, 9.17) is 0 Å². The zero-order valence-corrected chi connectivity index (χ0v) is 5.67. The van der Waals surface area contributed by atoms with Crippen molar-refractivity contribution in [2.45, 2.75) is 18.9 Å². The minimum Gasteiger partial charge on any atom is -0.388 e. The summed E-state index contributed by atoms with van der Waals surface area (Å²) in [5.74, 6) is 0. The quantitative estimate of drug-likeness (QED) is 0.568. The second kappa shape index (κ2) is 2.10. The van der Waals surface area contributed by atoms with Gasteiger partial charge in [0.1, 0.15) is 0 Å². The molecule has 51 valence electrons. The summed E-state index contributed by atoms with van der Waals surface area (Å²) >= 11 is 0. The lowest BCUT2D eigenvalue weighted by Crippen LogP contribution is -1.88. The molecule has 10 heavy (non-hydrogen) atoms. The Morgan fingerprint density at radius 3 is 3.30 bits per heavy atom. The first-order chi connectivity index (χ1) is 4.88. The number of aliphatic hydroxyl groups excluding tert-OH is 1. The molecule has 1 N–H and O–H groups in total. The van der Waals surface area contributed by atoms with Crippen molar-refractivity contribution < 1.29 is 5.11 Å². The van der Waals surface area contributed by atoms with Gasteiger partial charge in [-0.25, -0.2) is 0 Å². The lowest BCUT2D eigenvalue weighted by atomic mass is 10.1. The summed E-state index contributed by atoms with van der Waals surface area (Å²) in [5.41, 5.74) is 2.36. The second-order valence-corrected chi connectivity index (χ2v) is 2.68. The monoisotopic (exact) mass is 133 g/mol. The molecule has 0 aromatic heterocycles. The predicted octanol–water partition coefficient (Wildman–Crippen LogP) is 1.47. The van der Waals surface area contributed by atoms with E-state index in [9.17, 15) is 5.11 Å². The van der Waals surface area contributed by atoms with Gasteiger partial charge in [0.05, 0.1) is 6.10 Å². The maximum Gasteiger partial charge on any atom is 0.0796 e. The molecule has 1 aliphatic carbocycles. The molecule has 0 fully saturated rings. The first-order valence-corrected chi connectivity index (χ1v) is 3.55. The third-order valence-corrected chi connectivity index (χ3v) is 2.04. The van der Waals surface area contributed by atoms with Crippen LogP contribution in [-0.2, 0) is 6.42 Å². The van der Waals surface area contributed by atoms with E-state index in [1.807, 2.05) is 18.2 Å². The van der Waals surface area contributed by atoms with Crippen LogP contribution in [0.15, 0.2) is 18.2 Å². The minimum atomic E-state index is -0.229. The third kappa shape index (κ3) is 0.745. The third-order valence-electron chi connectivity index (χ3n) is 2.04. The Balaban J connectivity index is 2.51. The zero-order chi connectivity index (χ0) is 6.97. The SMILES string of the molecule is OC1CCc2cc[c]cc21. The minimum absolute atomic E-state index is 0.229. The Hall–Kier alpha value is -0.820. The van der Waals surface area contributed by atoms with E-state index in [0.717, 1.165) is 18.4 Å². The molecule has 0 spiro atoms. The molecule has 1 heteroatoms. The van der Waals surface area contributed by atoms with E-state index in [2.05, 4.69) is 6.07 Å². The molecule has 0 bridgehead atoms. The van der Waals surface area contributed by atoms with Crippen LogP contribution in [0.5, 0.6) is 0 Å². The molecule has 0 saturated carbocycles. The Morgan fingerprint density at radius 2 is 2.50 bits per heavy atom. The molecule has 0 aliphatic heterocycles. The van der Waals surface area contributed by atoms with E-state index in [0.29, 0.717) is 0 Å². The molecule has 0 amide bonds. The normalized spacial score (nSPS) is 22.7. The van der Waals surface area contributed by atoms with Gasteiger partial charge in [0, 0.05) is 0 Å². The maximum atomic E-state index is 9.36. The van der Waals surface area contributed by atoms with Crippen LogP contribution in [0.2, 0.25) is 0 Å². The van der Waals surface area contributed by atoms with Crippen molar-refractivity contribution in [2.24, 2.45) is 0 Å². The number of fused-ring (bicyclic) bond motifs is 1. The van der Waals surface area contributed by atoms with Gasteiger partial charge in [-0.05, 0) is 36.1 Å². The highest BCUT2D eigenvalue weighted by molar-refractivity contribution is 5.32. The van der Waals surface area contributed by atoms with Gasteiger partial charge in [-0.1, -0.05) is 12.1 Å². The average molecular weight is 133 g/mol. The van der Waals surface area contributed by atoms with Crippen molar-refractivity contribution in [3.63, 3.8) is 0 Å². The van der Waals surface area contributed by atoms with E-state index in [-0.39, 0.29) is 6.10 Å². The van der Waals surface area contributed by atoms with Gasteiger partial charge in [-0.3, -0.25) is 0 Å². The van der Waals surface area contributed by atoms with Crippen molar-refractivity contribution in [1.29, 1.82) is 0 Å². The summed E-state index contributed by atoms with van der Waals surface area (Å²) in [6.45, 7) is 0. The molecule has 1 aromatic carbocycles. The molecule has 1 unspecified atom stereocenters. The number of hydrogen-bond acceptors (Lipinski definition) is 1. The van der Waals surface area contributed by atoms with Crippen LogP contribution < -0.4 is 0 Å². The summed E-state index contributed by atoms with van der Waals surface area (Å²) in [5, 5.41) is 9.36. The van der Waals surface area contributed by atoms with Gasteiger partial charge in [-0.2, -0.15) is 0 Å². The second-order valence-electron chi connectivity index (χ2n) is 2.68. The van der Waals surface area contributed by atoms with Gasteiger partial charge in [0.15, 0.2) is 0 Å². The zero-order valence-electron chi connectivity index (χ0n) is 5.67. The molecule has 1 aromatic rings. The number of aliphatic hydroxyl groups is 1. The Kier molecular flexibility index (Phi) is 1.24. The smallest absolute Gasteiger partial charge is 0.0796 e. The van der Waals surface area contributed by atoms with E-state index in [1.54, 1.807) is 0 Å². The Morgan fingerprint density at radius 1 is 1.60 bits per heavy atom. The van der Waals surface area contributed by atoms with Gasteiger partial charge < -0.3 is 5.11 Å². The van der Waals surface area contributed by atoms with E-state index >= 15 is 0 Å². The standard InChI is InChI=1S/C9H9O/c10-9-6-5-7-3-1-2-4-8(7)9/h1,3-4,9-10H,5-6H2.